The number of aryl methyl sites for hydroxylation is 1. The molecule has 0 spiro atoms. The Morgan fingerprint density at radius 1 is 1.30 bits per heavy atom. The zero-order valence-corrected chi connectivity index (χ0v) is 22.1. The second-order valence-corrected chi connectivity index (χ2v) is 9.11. The molecule has 4 rings (SSSR count). The van der Waals surface area contributed by atoms with E-state index in [9.17, 15) is 9.18 Å². The number of nitrogens with two attached hydrogens (primary N) is 1. The van der Waals surface area contributed by atoms with Crippen molar-refractivity contribution in [3.05, 3.63) is 64.8 Å². The van der Waals surface area contributed by atoms with Crippen molar-refractivity contribution in [1.29, 1.82) is 0 Å². The quantitative estimate of drug-likeness (QED) is 0.435. The lowest BCUT2D eigenvalue weighted by Gasteiger charge is -2.42. The standard InChI is InChI=1S/C26H33FN4O2.C2H4O.H2O.2H2/c1-4-20(27)14-30-11-12-31(23(16-30)18-5-7-19(8-6-18)26(28)32)15-22-21-9-10-29-25(21)17(2)13-24(22)33-3;1-2-3;;;/h5-10,13,20,23,29H,4,11-12,14-16H2,1-3H3,(H2,28,32);2H,1H3;1H2;2*1H. The number of hydrogen-bond donors (Lipinski definition) is 2. The van der Waals surface area contributed by atoms with Crippen LogP contribution in [0.1, 0.15) is 56.2 Å². The number of carbonyl (C=O) groups is 2. The first kappa shape index (κ1) is 30.0. The summed E-state index contributed by atoms with van der Waals surface area (Å²) in [6.45, 7) is 8.89. The zero-order valence-electron chi connectivity index (χ0n) is 22.1. The largest absolute Gasteiger partial charge is 0.496 e. The van der Waals surface area contributed by atoms with Gasteiger partial charge in [0, 0.05) is 69.8 Å². The Balaban J connectivity index is 0.00000230. The van der Waals surface area contributed by atoms with E-state index in [1.165, 1.54) is 6.92 Å². The molecule has 2 aromatic carbocycles. The summed E-state index contributed by atoms with van der Waals surface area (Å²) in [5, 5.41) is 1.16. The van der Waals surface area contributed by atoms with E-state index in [1.807, 2.05) is 25.3 Å². The van der Waals surface area contributed by atoms with Gasteiger partial charge in [-0.15, -0.1) is 0 Å². The third-order valence-corrected chi connectivity index (χ3v) is 6.75. The van der Waals surface area contributed by atoms with Crippen LogP contribution in [0.4, 0.5) is 4.39 Å². The third-order valence-electron chi connectivity index (χ3n) is 6.75. The van der Waals surface area contributed by atoms with Gasteiger partial charge in [0.15, 0.2) is 0 Å². The molecule has 2 heterocycles. The lowest BCUT2D eigenvalue weighted by Crippen LogP contribution is -2.49. The molecule has 8 nitrogen and oxygen atoms in total. The number of nitrogens with zero attached hydrogens (tertiary/aromatic N) is 2. The summed E-state index contributed by atoms with van der Waals surface area (Å²) < 4.78 is 19.9. The van der Waals surface area contributed by atoms with Crippen LogP contribution >= 0.6 is 0 Å². The molecule has 1 aliphatic rings. The smallest absolute Gasteiger partial charge is 0.248 e. The first-order valence-corrected chi connectivity index (χ1v) is 12.4. The van der Waals surface area contributed by atoms with Crippen LogP contribution in [0.15, 0.2) is 42.6 Å². The fraction of sp³-hybridized carbons (Fsp3) is 0.429. The highest BCUT2D eigenvalue weighted by atomic mass is 19.1. The first-order chi connectivity index (χ1) is 17.3. The predicted molar refractivity (Wildman–Crippen MR) is 149 cm³/mol. The van der Waals surface area contributed by atoms with Gasteiger partial charge in [0.25, 0.3) is 0 Å². The minimum Gasteiger partial charge on any atom is -0.496 e. The molecular weight excluding hydrogens is 475 g/mol. The van der Waals surface area contributed by atoms with Crippen LogP contribution < -0.4 is 10.5 Å². The van der Waals surface area contributed by atoms with Crippen molar-refractivity contribution >= 4 is 23.1 Å². The Labute approximate surface area is 220 Å². The second-order valence-electron chi connectivity index (χ2n) is 9.11. The molecule has 0 radical (unpaired) electrons. The zero-order chi connectivity index (χ0) is 26.2. The summed E-state index contributed by atoms with van der Waals surface area (Å²) in [6.07, 6.45) is 2.40. The number of rotatable bonds is 8. The van der Waals surface area contributed by atoms with Gasteiger partial charge in [-0.25, -0.2) is 4.39 Å². The maximum Gasteiger partial charge on any atom is 0.248 e. The Bertz CT molecular complexity index is 1180. The molecule has 206 valence electrons. The van der Waals surface area contributed by atoms with E-state index < -0.39 is 12.1 Å². The van der Waals surface area contributed by atoms with Gasteiger partial charge >= 0.3 is 0 Å². The lowest BCUT2D eigenvalue weighted by atomic mass is 9.98. The normalized spacial score (nSPS) is 16.8. The van der Waals surface area contributed by atoms with E-state index in [4.69, 9.17) is 15.3 Å². The van der Waals surface area contributed by atoms with Crippen LogP contribution in [0.25, 0.3) is 10.9 Å². The summed E-state index contributed by atoms with van der Waals surface area (Å²) in [7, 11) is 1.71. The van der Waals surface area contributed by atoms with E-state index in [0.29, 0.717) is 25.1 Å². The maximum atomic E-state index is 14.2. The molecule has 0 bridgehead atoms. The summed E-state index contributed by atoms with van der Waals surface area (Å²) in [4.78, 5) is 28.3. The molecule has 1 saturated heterocycles. The molecule has 0 aliphatic carbocycles. The Hall–Kier alpha value is -3.27. The Kier molecular flexibility index (Phi) is 11.2. The van der Waals surface area contributed by atoms with Gasteiger partial charge in [-0.1, -0.05) is 19.1 Å². The van der Waals surface area contributed by atoms with Gasteiger partial charge in [-0.3, -0.25) is 14.6 Å². The molecule has 37 heavy (non-hydrogen) atoms. The molecule has 1 amide bonds. The molecule has 3 aromatic rings. The molecule has 1 aromatic heterocycles. The number of aldehydes is 1. The van der Waals surface area contributed by atoms with Crippen LogP contribution in [0.3, 0.4) is 0 Å². The van der Waals surface area contributed by atoms with Crippen molar-refractivity contribution in [3.63, 3.8) is 0 Å². The van der Waals surface area contributed by atoms with Gasteiger partial charge in [0.2, 0.25) is 5.91 Å². The van der Waals surface area contributed by atoms with Gasteiger partial charge in [-0.2, -0.15) is 0 Å². The number of fused-ring (bicyclic) bond motifs is 1. The number of halogens is 1. The number of H-pyrrole nitrogens is 1. The number of hydrogen-bond acceptors (Lipinski definition) is 5. The average molecular weight is 519 g/mol. The summed E-state index contributed by atoms with van der Waals surface area (Å²) in [5.74, 6) is 0.436. The van der Waals surface area contributed by atoms with Gasteiger partial charge in [-0.05, 0) is 55.7 Å². The Morgan fingerprint density at radius 3 is 2.57 bits per heavy atom. The van der Waals surface area contributed by atoms with Gasteiger partial charge < -0.3 is 25.7 Å². The highest BCUT2D eigenvalue weighted by molar-refractivity contribution is 5.92. The minimum atomic E-state index is -0.828. The van der Waals surface area contributed by atoms with Gasteiger partial charge in [0.05, 0.1) is 7.11 Å². The topological polar surface area (TPSA) is 123 Å². The highest BCUT2D eigenvalue weighted by Gasteiger charge is 2.30. The molecular formula is C28H43FN4O4. The number of ether oxygens (including phenoxy) is 1. The number of alkyl halides is 1. The number of primary amides is 1. The molecule has 2 atom stereocenters. The predicted octanol–water partition coefficient (Wildman–Crippen LogP) is 4.06. The molecule has 5 N–H and O–H groups in total. The van der Waals surface area contributed by atoms with Crippen LogP contribution in [-0.2, 0) is 11.3 Å². The first-order valence-electron chi connectivity index (χ1n) is 12.4. The molecule has 9 heteroatoms. The average Bonchev–Trinajstić information content (AvgIpc) is 3.37. The van der Waals surface area contributed by atoms with Crippen molar-refractivity contribution in [3.8, 4) is 5.75 Å². The van der Waals surface area contributed by atoms with Gasteiger partial charge in [0.1, 0.15) is 18.2 Å². The van der Waals surface area contributed by atoms with Crippen molar-refractivity contribution in [1.82, 2.24) is 14.8 Å². The fourth-order valence-corrected chi connectivity index (χ4v) is 4.81. The van der Waals surface area contributed by atoms with Crippen LogP contribution in [0.2, 0.25) is 0 Å². The number of benzene rings is 2. The Morgan fingerprint density at radius 2 is 1.97 bits per heavy atom. The summed E-state index contributed by atoms with van der Waals surface area (Å²) in [6, 6.07) is 11.7. The number of aromatic amines is 1. The van der Waals surface area contributed by atoms with E-state index in [2.05, 4.69) is 33.8 Å². The minimum absolute atomic E-state index is 0. The van der Waals surface area contributed by atoms with Crippen LogP contribution in [0.5, 0.6) is 5.75 Å². The number of methoxy groups -OCH3 is 1. The molecule has 1 aliphatic heterocycles. The van der Waals surface area contributed by atoms with Crippen molar-refractivity contribution < 1.29 is 27.0 Å². The number of aromatic nitrogens is 1. The van der Waals surface area contributed by atoms with Crippen molar-refractivity contribution in [2.24, 2.45) is 5.73 Å². The molecule has 1 fully saturated rings. The fourth-order valence-electron chi connectivity index (χ4n) is 4.81. The van der Waals surface area contributed by atoms with E-state index >= 15 is 0 Å². The molecule has 2 unspecified atom stereocenters. The SMILES string of the molecule is CC=O.CCC(F)CN1CCN(Cc2c(OC)cc(C)c3[nH]ccc23)C(c2ccc(C(N)=O)cc2)C1.O.[HH].[HH]. The summed E-state index contributed by atoms with van der Waals surface area (Å²) >= 11 is 0. The van der Waals surface area contributed by atoms with Crippen LogP contribution in [0, 0.1) is 6.92 Å². The summed E-state index contributed by atoms with van der Waals surface area (Å²) in [5.41, 5.74) is 10.4. The van der Waals surface area contributed by atoms with E-state index in [-0.39, 0.29) is 14.4 Å². The van der Waals surface area contributed by atoms with Crippen LogP contribution in [-0.4, -0.2) is 71.9 Å². The monoisotopic (exact) mass is 518 g/mol. The van der Waals surface area contributed by atoms with E-state index in [0.717, 1.165) is 59.3 Å². The number of carbonyl (C=O) groups excluding carboxylic acids is 2. The number of piperazine rings is 1. The highest BCUT2D eigenvalue weighted by Crippen LogP contribution is 2.35. The molecule has 0 saturated carbocycles. The van der Waals surface area contributed by atoms with E-state index in [1.54, 1.807) is 19.2 Å². The second kappa shape index (κ2) is 13.9. The third kappa shape index (κ3) is 7.15. The number of nitrogens with one attached hydrogen (secondary N) is 1. The maximum absolute atomic E-state index is 14.2. The van der Waals surface area contributed by atoms with Crippen molar-refractivity contribution in [2.45, 2.75) is 46.0 Å². The number of amides is 1. The van der Waals surface area contributed by atoms with Crippen molar-refractivity contribution in [2.75, 3.05) is 33.3 Å². The lowest BCUT2D eigenvalue weighted by molar-refractivity contribution is -0.106.